The Morgan fingerprint density at radius 1 is 1.00 bits per heavy atom. The van der Waals surface area contributed by atoms with E-state index in [-0.39, 0.29) is 10.7 Å². The largest absolute Gasteiger partial charge is 0.289 e. The monoisotopic (exact) mass is 353 g/mol. The van der Waals surface area contributed by atoms with Crippen molar-refractivity contribution in [1.29, 1.82) is 0 Å². The van der Waals surface area contributed by atoms with Gasteiger partial charge in [0, 0.05) is 17.1 Å². The molecule has 1 aromatic heterocycles. The molecule has 0 aliphatic rings. The quantitative estimate of drug-likeness (QED) is 0.518. The minimum absolute atomic E-state index is 0.195. The van der Waals surface area contributed by atoms with Gasteiger partial charge in [-0.15, -0.1) is 0 Å². The normalized spacial score (nSPS) is 11.5. The molecule has 25 heavy (non-hydrogen) atoms. The fourth-order valence-electron chi connectivity index (χ4n) is 2.71. The van der Waals surface area contributed by atoms with Crippen LogP contribution >= 0.6 is 0 Å². The van der Waals surface area contributed by atoms with Gasteiger partial charge in [0.05, 0.1) is 10.4 Å². The molecule has 5 heteroatoms. The highest BCUT2D eigenvalue weighted by Crippen LogP contribution is 2.27. The number of benzene rings is 2. The van der Waals surface area contributed by atoms with Gasteiger partial charge in [0.1, 0.15) is 0 Å². The average Bonchev–Trinajstić information content (AvgIpc) is 2.95. The van der Waals surface area contributed by atoms with E-state index in [0.717, 1.165) is 11.1 Å². The van der Waals surface area contributed by atoms with Crippen LogP contribution in [0.1, 0.15) is 29.8 Å². The minimum atomic E-state index is -3.78. The van der Waals surface area contributed by atoms with Crippen molar-refractivity contribution in [2.75, 3.05) is 0 Å². The number of nitrogens with zero attached hydrogens (tertiary/aromatic N) is 1. The molecular weight excluding hydrogens is 334 g/mol. The topological polar surface area (TPSA) is 56.1 Å². The summed E-state index contributed by atoms with van der Waals surface area (Å²) < 4.78 is 27.3. The second kappa shape index (κ2) is 6.33. The molecule has 0 aliphatic heterocycles. The van der Waals surface area contributed by atoms with Gasteiger partial charge in [-0.25, -0.2) is 12.4 Å². The van der Waals surface area contributed by atoms with Gasteiger partial charge in [0.25, 0.3) is 10.0 Å². The Hall–Kier alpha value is -2.66. The molecule has 3 rings (SSSR count). The lowest BCUT2D eigenvalue weighted by Crippen LogP contribution is -2.12. The van der Waals surface area contributed by atoms with Crippen LogP contribution in [0.4, 0.5) is 0 Å². The van der Waals surface area contributed by atoms with Gasteiger partial charge in [-0.2, -0.15) is 0 Å². The third-order valence-corrected chi connectivity index (χ3v) is 5.63. The maximum atomic E-state index is 13.1. The number of aryl methyl sites for hydroxylation is 1. The van der Waals surface area contributed by atoms with E-state index in [2.05, 4.69) is 0 Å². The molecule has 0 atom stereocenters. The number of aromatic nitrogens is 1. The van der Waals surface area contributed by atoms with Crippen molar-refractivity contribution in [3.05, 3.63) is 77.5 Å². The highest BCUT2D eigenvalue weighted by molar-refractivity contribution is 7.90. The molecule has 0 aliphatic carbocycles. The highest BCUT2D eigenvalue weighted by atomic mass is 32.2. The maximum absolute atomic E-state index is 13.1. The lowest BCUT2D eigenvalue weighted by molar-refractivity contribution is 0.104. The van der Waals surface area contributed by atoms with Crippen molar-refractivity contribution in [2.24, 2.45) is 0 Å². The standard InChI is InChI=1S/C20H19NO3S/c1-14(2)12-20(22)18-13-21(19-7-5-4-6-17(18)19)25(23,24)16-10-8-15(3)9-11-16/h4-13H,1-3H3. The number of carbonyl (C=O) groups is 1. The summed E-state index contributed by atoms with van der Waals surface area (Å²) >= 11 is 0. The van der Waals surface area contributed by atoms with Crippen molar-refractivity contribution < 1.29 is 13.2 Å². The molecule has 0 fully saturated rings. The van der Waals surface area contributed by atoms with Crippen LogP contribution in [0.3, 0.4) is 0 Å². The van der Waals surface area contributed by atoms with Crippen LogP contribution < -0.4 is 0 Å². The summed E-state index contributed by atoms with van der Waals surface area (Å²) in [7, 11) is -3.78. The van der Waals surface area contributed by atoms with Gasteiger partial charge in [-0.3, -0.25) is 4.79 Å². The Kier molecular flexibility index (Phi) is 4.35. The van der Waals surface area contributed by atoms with Crippen LogP contribution in [-0.4, -0.2) is 18.2 Å². The predicted octanol–water partition coefficient (Wildman–Crippen LogP) is 4.34. The van der Waals surface area contributed by atoms with E-state index in [0.29, 0.717) is 16.5 Å². The average molecular weight is 353 g/mol. The molecular formula is C20H19NO3S. The summed E-state index contributed by atoms with van der Waals surface area (Å²) in [4.78, 5) is 12.7. The zero-order chi connectivity index (χ0) is 18.2. The van der Waals surface area contributed by atoms with Gasteiger partial charge in [0.2, 0.25) is 0 Å². The smallest absolute Gasteiger partial charge is 0.268 e. The first-order chi connectivity index (χ1) is 11.8. The number of rotatable bonds is 4. The van der Waals surface area contributed by atoms with E-state index in [1.165, 1.54) is 16.2 Å². The van der Waals surface area contributed by atoms with Crippen LogP contribution in [0.15, 0.2) is 71.3 Å². The van der Waals surface area contributed by atoms with Crippen LogP contribution in [0.2, 0.25) is 0 Å². The number of carbonyl (C=O) groups excluding carboxylic acids is 1. The van der Waals surface area contributed by atoms with Crippen molar-refractivity contribution in [1.82, 2.24) is 3.97 Å². The van der Waals surface area contributed by atoms with Crippen molar-refractivity contribution in [3.63, 3.8) is 0 Å². The summed E-state index contributed by atoms with van der Waals surface area (Å²) in [6.45, 7) is 5.57. The predicted molar refractivity (Wildman–Crippen MR) is 99.5 cm³/mol. The molecule has 4 nitrogen and oxygen atoms in total. The number of hydrogen-bond donors (Lipinski definition) is 0. The Bertz CT molecular complexity index is 1080. The van der Waals surface area contributed by atoms with E-state index < -0.39 is 10.0 Å². The van der Waals surface area contributed by atoms with E-state index in [9.17, 15) is 13.2 Å². The lowest BCUT2D eigenvalue weighted by atomic mass is 10.1. The van der Waals surface area contributed by atoms with E-state index in [4.69, 9.17) is 0 Å². The van der Waals surface area contributed by atoms with Crippen LogP contribution in [0.25, 0.3) is 10.9 Å². The molecule has 0 spiro atoms. The first-order valence-corrected chi connectivity index (χ1v) is 9.36. The highest BCUT2D eigenvalue weighted by Gasteiger charge is 2.22. The summed E-state index contributed by atoms with van der Waals surface area (Å²) in [5, 5.41) is 0.626. The first kappa shape index (κ1) is 17.2. The number of hydrogen-bond acceptors (Lipinski definition) is 3. The van der Waals surface area contributed by atoms with Gasteiger partial charge >= 0.3 is 0 Å². The number of para-hydroxylation sites is 1. The fourth-order valence-corrected chi connectivity index (χ4v) is 4.08. The summed E-state index contributed by atoms with van der Waals surface area (Å²) in [6.07, 6.45) is 2.94. The van der Waals surface area contributed by atoms with Gasteiger partial charge in [0.15, 0.2) is 5.78 Å². The third kappa shape index (κ3) is 3.15. The fraction of sp³-hybridized carbons (Fsp3) is 0.150. The third-order valence-electron chi connectivity index (χ3n) is 3.94. The molecule has 0 N–H and O–H groups in total. The SMILES string of the molecule is CC(C)=CC(=O)c1cn(S(=O)(=O)c2ccc(C)cc2)c2ccccc12. The van der Waals surface area contributed by atoms with E-state index >= 15 is 0 Å². The first-order valence-electron chi connectivity index (χ1n) is 7.92. The maximum Gasteiger partial charge on any atom is 0.268 e. The molecule has 0 unspecified atom stereocenters. The lowest BCUT2D eigenvalue weighted by Gasteiger charge is -2.07. The number of ketones is 1. The summed E-state index contributed by atoms with van der Waals surface area (Å²) in [5.74, 6) is -0.200. The second-order valence-electron chi connectivity index (χ2n) is 6.26. The molecule has 1 heterocycles. The minimum Gasteiger partial charge on any atom is -0.289 e. The molecule has 3 aromatic rings. The van der Waals surface area contributed by atoms with Gasteiger partial charge in [-0.1, -0.05) is 41.5 Å². The molecule has 0 saturated carbocycles. The van der Waals surface area contributed by atoms with Crippen LogP contribution in [-0.2, 0) is 10.0 Å². The molecule has 0 radical (unpaired) electrons. The summed E-state index contributed by atoms with van der Waals surface area (Å²) in [6, 6.07) is 13.7. The molecule has 0 saturated heterocycles. The zero-order valence-corrected chi connectivity index (χ0v) is 15.2. The molecule has 128 valence electrons. The van der Waals surface area contributed by atoms with Crippen molar-refractivity contribution in [3.8, 4) is 0 Å². The second-order valence-corrected chi connectivity index (χ2v) is 8.07. The van der Waals surface area contributed by atoms with E-state index in [1.807, 2.05) is 20.8 Å². The van der Waals surface area contributed by atoms with Gasteiger partial charge < -0.3 is 0 Å². The molecule has 0 bridgehead atoms. The Labute approximate surface area is 147 Å². The summed E-state index contributed by atoms with van der Waals surface area (Å²) in [5.41, 5.74) is 2.72. The Morgan fingerprint density at radius 3 is 2.28 bits per heavy atom. The van der Waals surface area contributed by atoms with Crippen molar-refractivity contribution in [2.45, 2.75) is 25.7 Å². The van der Waals surface area contributed by atoms with Crippen LogP contribution in [0.5, 0.6) is 0 Å². The number of allylic oxidation sites excluding steroid dienone is 2. The number of fused-ring (bicyclic) bond motifs is 1. The Morgan fingerprint density at radius 2 is 1.64 bits per heavy atom. The van der Waals surface area contributed by atoms with E-state index in [1.54, 1.807) is 48.5 Å². The zero-order valence-electron chi connectivity index (χ0n) is 14.4. The van der Waals surface area contributed by atoms with Crippen molar-refractivity contribution >= 4 is 26.7 Å². The Balaban J connectivity index is 2.25. The molecule has 2 aromatic carbocycles. The van der Waals surface area contributed by atoms with Gasteiger partial charge in [-0.05, 0) is 45.0 Å². The van der Waals surface area contributed by atoms with Crippen LogP contribution in [0, 0.1) is 6.92 Å². The molecule has 0 amide bonds.